The summed E-state index contributed by atoms with van der Waals surface area (Å²) in [7, 11) is 0. The van der Waals surface area contributed by atoms with E-state index in [2.05, 4.69) is 21.7 Å². The molecule has 3 aromatic rings. The van der Waals surface area contributed by atoms with Gasteiger partial charge in [-0.15, -0.1) is 0 Å². The third-order valence-electron chi connectivity index (χ3n) is 2.81. The molecule has 88 valence electrons. The summed E-state index contributed by atoms with van der Waals surface area (Å²) in [5, 5.41) is 0.740. The van der Waals surface area contributed by atoms with E-state index in [4.69, 9.17) is 11.6 Å². The van der Waals surface area contributed by atoms with E-state index < -0.39 is 0 Å². The molecule has 0 atom stereocenters. The second kappa shape index (κ2) is 4.67. The highest BCUT2D eigenvalue weighted by molar-refractivity contribution is 6.30. The number of hydrogen-bond acceptors (Lipinski definition) is 1. The van der Waals surface area contributed by atoms with Crippen molar-refractivity contribution in [3.8, 4) is 16.9 Å². The molecule has 0 aliphatic rings. The predicted octanol–water partition coefficient (Wildman–Crippen LogP) is 4.19. The molecule has 0 amide bonds. The fourth-order valence-corrected chi connectivity index (χ4v) is 2.05. The van der Waals surface area contributed by atoms with Gasteiger partial charge in [0.1, 0.15) is 0 Å². The van der Waals surface area contributed by atoms with E-state index in [0.29, 0.717) is 0 Å². The standard InChI is InChI=1S/C15H11ClN2/c16-13-8-6-12(7-9-13)15-10-17-11-18(15)14-4-2-1-3-5-14/h1-11H. The fraction of sp³-hybridized carbons (Fsp3) is 0. The maximum absolute atomic E-state index is 5.91. The molecule has 0 saturated carbocycles. The molecule has 2 aromatic carbocycles. The van der Waals surface area contributed by atoms with Gasteiger partial charge in [0.25, 0.3) is 0 Å². The molecule has 0 fully saturated rings. The molecular formula is C15H11ClN2. The third-order valence-corrected chi connectivity index (χ3v) is 3.06. The molecule has 3 heteroatoms. The zero-order valence-corrected chi connectivity index (χ0v) is 10.4. The van der Waals surface area contributed by atoms with Crippen molar-refractivity contribution in [3.05, 3.63) is 72.1 Å². The van der Waals surface area contributed by atoms with E-state index in [1.807, 2.05) is 55.0 Å². The fourth-order valence-electron chi connectivity index (χ4n) is 1.92. The van der Waals surface area contributed by atoms with Crippen molar-refractivity contribution in [2.24, 2.45) is 0 Å². The van der Waals surface area contributed by atoms with Gasteiger partial charge in [0, 0.05) is 16.3 Å². The molecule has 18 heavy (non-hydrogen) atoms. The molecule has 0 spiro atoms. The lowest BCUT2D eigenvalue weighted by Gasteiger charge is -2.08. The lowest BCUT2D eigenvalue weighted by Crippen LogP contribution is -1.94. The number of nitrogens with zero attached hydrogens (tertiary/aromatic N) is 2. The van der Waals surface area contributed by atoms with E-state index in [1.165, 1.54) is 0 Å². The predicted molar refractivity (Wildman–Crippen MR) is 74.0 cm³/mol. The van der Waals surface area contributed by atoms with Crippen LogP contribution in [-0.4, -0.2) is 9.55 Å². The highest BCUT2D eigenvalue weighted by atomic mass is 35.5. The minimum Gasteiger partial charge on any atom is -0.299 e. The number of para-hydroxylation sites is 1. The second-order valence-electron chi connectivity index (χ2n) is 3.99. The van der Waals surface area contributed by atoms with Crippen molar-refractivity contribution < 1.29 is 0 Å². The molecule has 1 heterocycles. The summed E-state index contributed by atoms with van der Waals surface area (Å²) >= 11 is 5.91. The zero-order valence-electron chi connectivity index (χ0n) is 9.62. The number of halogens is 1. The van der Waals surface area contributed by atoms with Crippen LogP contribution in [0.15, 0.2) is 67.1 Å². The Bertz CT molecular complexity index is 642. The van der Waals surface area contributed by atoms with Gasteiger partial charge in [-0.3, -0.25) is 4.57 Å². The molecule has 0 N–H and O–H groups in total. The van der Waals surface area contributed by atoms with Crippen LogP contribution in [0.3, 0.4) is 0 Å². The van der Waals surface area contributed by atoms with Crippen molar-refractivity contribution in [1.29, 1.82) is 0 Å². The molecule has 0 aliphatic carbocycles. The molecule has 2 nitrogen and oxygen atoms in total. The van der Waals surface area contributed by atoms with E-state index in [0.717, 1.165) is 22.0 Å². The Labute approximate surface area is 110 Å². The smallest absolute Gasteiger partial charge is 0.0997 e. The molecular weight excluding hydrogens is 244 g/mol. The van der Waals surface area contributed by atoms with Crippen molar-refractivity contribution in [3.63, 3.8) is 0 Å². The van der Waals surface area contributed by atoms with Crippen LogP contribution in [0.4, 0.5) is 0 Å². The first-order valence-corrected chi connectivity index (χ1v) is 6.06. The highest BCUT2D eigenvalue weighted by Gasteiger charge is 2.06. The molecule has 0 unspecified atom stereocenters. The van der Waals surface area contributed by atoms with Crippen LogP contribution in [0.2, 0.25) is 5.02 Å². The average molecular weight is 255 g/mol. The van der Waals surface area contributed by atoms with E-state index in [-0.39, 0.29) is 0 Å². The first-order chi connectivity index (χ1) is 8.84. The van der Waals surface area contributed by atoms with Gasteiger partial charge in [-0.25, -0.2) is 4.98 Å². The first kappa shape index (κ1) is 11.1. The Morgan fingerprint density at radius 1 is 0.889 bits per heavy atom. The zero-order chi connectivity index (χ0) is 12.4. The van der Waals surface area contributed by atoms with Gasteiger partial charge in [-0.1, -0.05) is 41.9 Å². The summed E-state index contributed by atoms with van der Waals surface area (Å²) in [6.45, 7) is 0. The monoisotopic (exact) mass is 254 g/mol. The second-order valence-corrected chi connectivity index (χ2v) is 4.43. The van der Waals surface area contributed by atoms with Crippen molar-refractivity contribution in [2.75, 3.05) is 0 Å². The van der Waals surface area contributed by atoms with Gasteiger partial charge in [0.05, 0.1) is 18.2 Å². The minimum absolute atomic E-state index is 0.740. The number of rotatable bonds is 2. The van der Waals surface area contributed by atoms with E-state index >= 15 is 0 Å². The third kappa shape index (κ3) is 2.03. The molecule has 0 radical (unpaired) electrons. The Balaban J connectivity index is 2.10. The Kier molecular flexibility index (Phi) is 2.87. The summed E-state index contributed by atoms with van der Waals surface area (Å²) in [6.07, 6.45) is 3.68. The van der Waals surface area contributed by atoms with Crippen LogP contribution in [-0.2, 0) is 0 Å². The van der Waals surface area contributed by atoms with Gasteiger partial charge < -0.3 is 0 Å². The lowest BCUT2D eigenvalue weighted by molar-refractivity contribution is 1.06. The Morgan fingerprint density at radius 2 is 1.61 bits per heavy atom. The Hall–Kier alpha value is -2.06. The number of hydrogen-bond donors (Lipinski definition) is 0. The SMILES string of the molecule is Clc1ccc(-c2cncn2-c2ccccc2)cc1. The topological polar surface area (TPSA) is 17.8 Å². The lowest BCUT2D eigenvalue weighted by atomic mass is 10.1. The number of imidazole rings is 1. The largest absolute Gasteiger partial charge is 0.299 e. The van der Waals surface area contributed by atoms with Crippen LogP contribution in [0, 0.1) is 0 Å². The van der Waals surface area contributed by atoms with Crippen molar-refractivity contribution in [1.82, 2.24) is 9.55 Å². The average Bonchev–Trinajstić information content (AvgIpc) is 2.90. The van der Waals surface area contributed by atoms with Crippen LogP contribution in [0.25, 0.3) is 16.9 Å². The first-order valence-electron chi connectivity index (χ1n) is 5.68. The van der Waals surface area contributed by atoms with Gasteiger partial charge in [0.15, 0.2) is 0 Å². The maximum Gasteiger partial charge on any atom is 0.0997 e. The normalized spacial score (nSPS) is 10.5. The summed E-state index contributed by atoms with van der Waals surface area (Å²) in [5.41, 5.74) is 3.25. The van der Waals surface area contributed by atoms with Crippen LogP contribution < -0.4 is 0 Å². The van der Waals surface area contributed by atoms with Crippen molar-refractivity contribution >= 4 is 11.6 Å². The molecule has 0 bridgehead atoms. The molecule has 3 rings (SSSR count). The van der Waals surface area contributed by atoms with Gasteiger partial charge >= 0.3 is 0 Å². The summed E-state index contributed by atoms with van der Waals surface area (Å²) in [5.74, 6) is 0. The van der Waals surface area contributed by atoms with E-state index in [9.17, 15) is 0 Å². The molecule has 1 aromatic heterocycles. The summed E-state index contributed by atoms with van der Waals surface area (Å²) < 4.78 is 2.06. The van der Waals surface area contributed by atoms with Crippen LogP contribution in [0.5, 0.6) is 0 Å². The van der Waals surface area contributed by atoms with Crippen LogP contribution >= 0.6 is 11.6 Å². The quantitative estimate of drug-likeness (QED) is 0.670. The molecule has 0 aliphatic heterocycles. The van der Waals surface area contributed by atoms with Gasteiger partial charge in [-0.05, 0) is 24.3 Å². The summed E-state index contributed by atoms with van der Waals surface area (Å²) in [4.78, 5) is 4.23. The van der Waals surface area contributed by atoms with Gasteiger partial charge in [0.2, 0.25) is 0 Å². The molecule has 0 saturated heterocycles. The van der Waals surface area contributed by atoms with Gasteiger partial charge in [-0.2, -0.15) is 0 Å². The summed E-state index contributed by atoms with van der Waals surface area (Å²) in [6, 6.07) is 17.9. The number of benzene rings is 2. The maximum atomic E-state index is 5.91. The van der Waals surface area contributed by atoms with Crippen molar-refractivity contribution in [2.45, 2.75) is 0 Å². The Morgan fingerprint density at radius 3 is 2.33 bits per heavy atom. The van der Waals surface area contributed by atoms with Crippen LogP contribution in [0.1, 0.15) is 0 Å². The van der Waals surface area contributed by atoms with E-state index in [1.54, 1.807) is 0 Å². The highest BCUT2D eigenvalue weighted by Crippen LogP contribution is 2.23. The minimum atomic E-state index is 0.740. The number of aromatic nitrogens is 2.